The highest BCUT2D eigenvalue weighted by atomic mass is 31.2. The van der Waals surface area contributed by atoms with Crippen molar-refractivity contribution in [1.82, 2.24) is 5.32 Å². The summed E-state index contributed by atoms with van der Waals surface area (Å²) >= 11 is 0. The summed E-state index contributed by atoms with van der Waals surface area (Å²) in [5.74, 6) is -0.525. The summed E-state index contributed by atoms with van der Waals surface area (Å²) in [4.78, 5) is 34.0. The summed E-state index contributed by atoms with van der Waals surface area (Å²) < 4.78 is 27.0. The van der Waals surface area contributed by atoms with Gasteiger partial charge in [0.05, 0.1) is 13.2 Å². The number of unbranched alkanes of at least 4 members (excludes halogenated alkanes) is 25. The molecule has 0 aliphatic heterocycles. The van der Waals surface area contributed by atoms with Crippen molar-refractivity contribution in [3.63, 3.8) is 0 Å². The van der Waals surface area contributed by atoms with Crippen molar-refractivity contribution in [3.8, 4) is 0 Å². The zero-order valence-corrected chi connectivity index (χ0v) is 39.5. The number of carbonyl (C=O) groups is 2. The molecule has 0 radical (unpaired) electrons. The third-order valence-corrected chi connectivity index (χ3v) is 11.5. The maximum Gasteiger partial charge on any atom is 0.472 e. The maximum atomic E-state index is 12.1. The molecule has 0 saturated carbocycles. The van der Waals surface area contributed by atoms with Gasteiger partial charge in [0.1, 0.15) is 12.7 Å². The van der Waals surface area contributed by atoms with Crippen LogP contribution in [0, 0.1) is 0 Å². The van der Waals surface area contributed by atoms with Crippen molar-refractivity contribution in [2.75, 3.05) is 26.4 Å². The van der Waals surface area contributed by atoms with Crippen LogP contribution in [0.4, 0.5) is 0 Å². The Bertz CT molecular complexity index is 1120. The number of hydrogen-bond donors (Lipinski definition) is 3. The van der Waals surface area contributed by atoms with Crippen molar-refractivity contribution in [1.29, 1.82) is 0 Å². The Morgan fingerprint density at radius 1 is 0.517 bits per heavy atom. The molecule has 2 unspecified atom stereocenters. The second-order valence-electron chi connectivity index (χ2n) is 16.4. The van der Waals surface area contributed by atoms with E-state index in [1.807, 2.05) is 0 Å². The first-order valence-electron chi connectivity index (χ1n) is 24.6. The number of carbonyl (C=O) groups excluding carboxylic acids is 2. The molecule has 0 bridgehead atoms. The second kappa shape index (κ2) is 46.5. The number of ether oxygens (including phenoxy) is 1. The Labute approximate surface area is 368 Å². The topological polar surface area (TPSA) is 131 Å². The van der Waals surface area contributed by atoms with Gasteiger partial charge in [-0.05, 0) is 77.0 Å². The summed E-state index contributed by atoms with van der Waals surface area (Å²) in [7, 11) is -4.42. The van der Waals surface area contributed by atoms with Crippen molar-refractivity contribution in [2.45, 2.75) is 232 Å². The summed E-state index contributed by atoms with van der Waals surface area (Å²) in [6.45, 7) is 3.53. The highest BCUT2D eigenvalue weighted by Gasteiger charge is 2.23. The van der Waals surface area contributed by atoms with Crippen LogP contribution in [0.15, 0.2) is 48.6 Å². The van der Waals surface area contributed by atoms with Gasteiger partial charge in [-0.25, -0.2) is 4.57 Å². The van der Waals surface area contributed by atoms with E-state index in [0.717, 1.165) is 57.8 Å². The number of aliphatic hydroxyl groups excluding tert-OH is 1. The van der Waals surface area contributed by atoms with Crippen LogP contribution in [0.2, 0.25) is 0 Å². The van der Waals surface area contributed by atoms with E-state index in [2.05, 4.69) is 67.8 Å². The molecule has 0 aliphatic carbocycles. The van der Waals surface area contributed by atoms with Gasteiger partial charge < -0.3 is 20.1 Å². The third-order valence-electron chi connectivity index (χ3n) is 10.5. The molecule has 60 heavy (non-hydrogen) atoms. The quantitative estimate of drug-likeness (QED) is 0.0239. The molecule has 2 atom stereocenters. The molecule has 0 rings (SSSR count). The highest BCUT2D eigenvalue weighted by molar-refractivity contribution is 7.47. The largest absolute Gasteiger partial charge is 0.472 e. The Morgan fingerprint density at radius 3 is 1.40 bits per heavy atom. The molecule has 0 spiro atoms. The van der Waals surface area contributed by atoms with Crippen LogP contribution >= 0.6 is 7.82 Å². The predicted octanol–water partition coefficient (Wildman–Crippen LogP) is 14.3. The lowest BCUT2D eigenvalue weighted by atomic mass is 10.1. The van der Waals surface area contributed by atoms with Gasteiger partial charge in [0.15, 0.2) is 0 Å². The number of hydrogen-bond acceptors (Lipinski definition) is 7. The molecule has 1 amide bonds. The minimum Gasteiger partial charge on any atom is -0.463 e. The Balaban J connectivity index is 3.59. The van der Waals surface area contributed by atoms with Gasteiger partial charge in [-0.15, -0.1) is 0 Å². The number of phosphoric ester groups is 1. The minimum absolute atomic E-state index is 0.0761. The smallest absolute Gasteiger partial charge is 0.463 e. The molecule has 10 heteroatoms. The molecule has 0 aromatic heterocycles. The molecular weight excluding hydrogens is 774 g/mol. The van der Waals surface area contributed by atoms with Crippen LogP contribution < -0.4 is 5.32 Å². The van der Waals surface area contributed by atoms with Gasteiger partial charge in [-0.2, -0.15) is 0 Å². The standard InChI is InChI=1S/C50H92NO8P/c1-3-5-7-9-11-13-15-17-19-21-23-24-25-26-28-30-32-34-36-38-40-42-49(53)51-44-45-58-60(55,56)59-47-48(52)46-57-50(54)43-41-39-37-35-33-31-29-27-22-20-18-16-14-12-10-8-6-4-2/h11,13,17,19-20,22-24,48,52H,3-10,12,14-16,18,21,25-47H2,1-2H3,(H,51,53)(H,55,56)/b13-11-,19-17-,22-20-,24-23-. The minimum atomic E-state index is -4.42. The first-order chi connectivity index (χ1) is 29.3. The van der Waals surface area contributed by atoms with Gasteiger partial charge >= 0.3 is 13.8 Å². The average molecular weight is 866 g/mol. The molecule has 0 aromatic carbocycles. The maximum absolute atomic E-state index is 12.1. The fourth-order valence-electron chi connectivity index (χ4n) is 6.74. The second-order valence-corrected chi connectivity index (χ2v) is 17.9. The lowest BCUT2D eigenvalue weighted by Crippen LogP contribution is -2.27. The normalized spacial score (nSPS) is 13.6. The highest BCUT2D eigenvalue weighted by Crippen LogP contribution is 2.42. The van der Waals surface area contributed by atoms with E-state index >= 15 is 0 Å². The molecule has 0 fully saturated rings. The van der Waals surface area contributed by atoms with E-state index < -0.39 is 26.5 Å². The average Bonchev–Trinajstić information content (AvgIpc) is 3.23. The van der Waals surface area contributed by atoms with Gasteiger partial charge in [-0.3, -0.25) is 18.6 Å². The molecule has 0 heterocycles. The van der Waals surface area contributed by atoms with E-state index in [9.17, 15) is 24.2 Å². The Hall–Kier alpha value is -2.03. The molecule has 350 valence electrons. The molecule has 3 N–H and O–H groups in total. The first-order valence-corrected chi connectivity index (χ1v) is 26.1. The molecule has 9 nitrogen and oxygen atoms in total. The summed E-state index contributed by atoms with van der Waals surface area (Å²) in [5.41, 5.74) is 0. The number of allylic oxidation sites excluding steroid dienone is 8. The molecule has 0 aliphatic rings. The molecular formula is C50H92NO8P. The number of aliphatic hydroxyl groups is 1. The van der Waals surface area contributed by atoms with E-state index in [0.29, 0.717) is 6.42 Å². The number of nitrogens with one attached hydrogen (secondary N) is 1. The summed E-state index contributed by atoms with van der Waals surface area (Å²) in [6, 6.07) is 0. The molecule has 0 aromatic rings. The van der Waals surface area contributed by atoms with Crippen LogP contribution in [-0.2, 0) is 27.9 Å². The zero-order chi connectivity index (χ0) is 43.9. The Morgan fingerprint density at radius 2 is 0.900 bits per heavy atom. The van der Waals surface area contributed by atoms with Crippen molar-refractivity contribution in [2.24, 2.45) is 0 Å². The number of phosphoric acid groups is 1. The fourth-order valence-corrected chi connectivity index (χ4v) is 7.49. The van der Waals surface area contributed by atoms with Crippen LogP contribution in [0.1, 0.15) is 226 Å². The summed E-state index contributed by atoms with van der Waals surface area (Å²) in [6.07, 6.45) is 54.7. The lowest BCUT2D eigenvalue weighted by Gasteiger charge is -2.15. The summed E-state index contributed by atoms with van der Waals surface area (Å²) in [5, 5.41) is 12.7. The van der Waals surface area contributed by atoms with Gasteiger partial charge in [0.2, 0.25) is 5.91 Å². The Kier molecular flexibility index (Phi) is 44.9. The van der Waals surface area contributed by atoms with Crippen LogP contribution in [-0.4, -0.2) is 54.3 Å². The number of esters is 1. The van der Waals surface area contributed by atoms with Crippen LogP contribution in [0.5, 0.6) is 0 Å². The van der Waals surface area contributed by atoms with E-state index in [-0.39, 0.29) is 32.1 Å². The van der Waals surface area contributed by atoms with E-state index in [4.69, 9.17) is 13.8 Å². The monoisotopic (exact) mass is 866 g/mol. The fraction of sp³-hybridized carbons (Fsp3) is 0.800. The SMILES string of the molecule is CCCCC/C=C\C/C=C\C/C=C\CCCCCCCCCCC(=O)NCCOP(=O)(O)OCC(O)COC(=O)CCCCCCCCC/C=C\CCCCCCCCC. The van der Waals surface area contributed by atoms with E-state index in [1.165, 1.54) is 141 Å². The van der Waals surface area contributed by atoms with Gasteiger partial charge in [0.25, 0.3) is 0 Å². The van der Waals surface area contributed by atoms with Crippen LogP contribution in [0.3, 0.4) is 0 Å². The van der Waals surface area contributed by atoms with E-state index in [1.54, 1.807) is 0 Å². The van der Waals surface area contributed by atoms with Crippen molar-refractivity contribution in [3.05, 3.63) is 48.6 Å². The first kappa shape index (κ1) is 58.0. The number of rotatable bonds is 46. The van der Waals surface area contributed by atoms with Crippen LogP contribution in [0.25, 0.3) is 0 Å². The lowest BCUT2D eigenvalue weighted by molar-refractivity contribution is -0.147. The van der Waals surface area contributed by atoms with Crippen molar-refractivity contribution < 1.29 is 37.9 Å². The van der Waals surface area contributed by atoms with Gasteiger partial charge in [-0.1, -0.05) is 184 Å². The van der Waals surface area contributed by atoms with Gasteiger partial charge in [0, 0.05) is 19.4 Å². The molecule has 0 saturated heterocycles. The zero-order valence-electron chi connectivity index (χ0n) is 38.7. The predicted molar refractivity (Wildman–Crippen MR) is 252 cm³/mol. The number of amides is 1. The third kappa shape index (κ3) is 47.0. The van der Waals surface area contributed by atoms with Crippen molar-refractivity contribution >= 4 is 19.7 Å².